The Morgan fingerprint density at radius 2 is 1.68 bits per heavy atom. The smallest absolute Gasteiger partial charge is 0.408 e. The third-order valence-corrected chi connectivity index (χ3v) is 6.34. The van der Waals surface area contributed by atoms with Gasteiger partial charge in [-0.3, -0.25) is 14.4 Å². The number of nitrogens with one attached hydrogen (secondary N) is 2. The Morgan fingerprint density at radius 3 is 2.26 bits per heavy atom. The molecule has 0 fully saturated rings. The summed E-state index contributed by atoms with van der Waals surface area (Å²) in [5, 5.41) is 5.34. The maximum Gasteiger partial charge on any atom is 0.408 e. The van der Waals surface area contributed by atoms with Crippen LogP contribution in [-0.2, 0) is 23.9 Å². The average Bonchev–Trinajstić information content (AvgIpc) is 2.87. The van der Waals surface area contributed by atoms with Crippen molar-refractivity contribution in [2.75, 3.05) is 32.2 Å². The number of carbonyl (C=O) groups excluding carboxylic acids is 4. The van der Waals surface area contributed by atoms with Gasteiger partial charge in [-0.2, -0.15) is 11.8 Å². The van der Waals surface area contributed by atoms with Gasteiger partial charge in [0.1, 0.15) is 24.2 Å². The summed E-state index contributed by atoms with van der Waals surface area (Å²) in [5.74, 6) is -0.833. The lowest BCUT2D eigenvalue weighted by Gasteiger charge is -2.34. The number of benzene rings is 1. The van der Waals surface area contributed by atoms with E-state index in [2.05, 4.69) is 22.3 Å². The van der Waals surface area contributed by atoms with Gasteiger partial charge in [0.05, 0.1) is 7.11 Å². The highest BCUT2D eigenvalue weighted by Crippen LogP contribution is 2.24. The van der Waals surface area contributed by atoms with E-state index in [1.807, 2.05) is 12.3 Å². The van der Waals surface area contributed by atoms with Crippen LogP contribution in [0, 0.1) is 0 Å². The molecule has 2 N–H and O–H groups in total. The zero-order valence-electron chi connectivity index (χ0n) is 23.7. The van der Waals surface area contributed by atoms with Crippen LogP contribution in [0.1, 0.15) is 77.8 Å². The predicted octanol–water partition coefficient (Wildman–Crippen LogP) is 4.46. The van der Waals surface area contributed by atoms with Crippen LogP contribution in [0.3, 0.4) is 0 Å². The Morgan fingerprint density at radius 1 is 1.03 bits per heavy atom. The van der Waals surface area contributed by atoms with Crippen LogP contribution < -0.4 is 10.6 Å². The number of carbonyl (C=O) groups is 4. The number of amides is 3. The summed E-state index contributed by atoms with van der Waals surface area (Å²) >= 11 is 1.56. The van der Waals surface area contributed by atoms with Gasteiger partial charge >= 0.3 is 12.1 Å². The number of alkyl carbamates (subject to hydrolysis) is 1. The summed E-state index contributed by atoms with van der Waals surface area (Å²) in [6.45, 7) is 7.40. The van der Waals surface area contributed by atoms with Gasteiger partial charge in [-0.05, 0) is 51.2 Å². The second-order valence-electron chi connectivity index (χ2n) is 10.0. The molecule has 1 rings (SSSR count). The zero-order valence-corrected chi connectivity index (χ0v) is 24.5. The summed E-state index contributed by atoms with van der Waals surface area (Å²) in [7, 11) is 1.24. The summed E-state index contributed by atoms with van der Waals surface area (Å²) in [6, 6.07) is 7.10. The standard InChI is InChI=1S/C28H45N3O6S/c1-7-8-9-10-14-18-31(26(34)22(17-19-38-6)30-27(35)37-28(2,3)4)24(21-15-12-11-13-16-21)25(33)29-20-23(32)36-5/h11-13,15-16,22,24H,7-10,14,17-20H2,1-6H3,(H,29,33)(H,30,35). The Balaban J connectivity index is 3.37. The molecule has 0 aliphatic heterocycles. The molecule has 0 saturated heterocycles. The van der Waals surface area contributed by atoms with Crippen molar-refractivity contribution < 1.29 is 28.7 Å². The minimum Gasteiger partial charge on any atom is -0.468 e. The molecule has 2 unspecified atom stereocenters. The normalized spacial score (nSPS) is 12.7. The number of nitrogens with zero attached hydrogens (tertiary/aromatic N) is 1. The molecule has 38 heavy (non-hydrogen) atoms. The van der Waals surface area contributed by atoms with E-state index < -0.39 is 35.7 Å². The number of esters is 1. The lowest BCUT2D eigenvalue weighted by Crippen LogP contribution is -2.53. The maximum atomic E-state index is 14.1. The molecule has 3 amide bonds. The van der Waals surface area contributed by atoms with E-state index in [1.54, 1.807) is 56.8 Å². The molecule has 0 aliphatic carbocycles. The van der Waals surface area contributed by atoms with Crippen molar-refractivity contribution in [2.45, 2.75) is 83.9 Å². The van der Waals surface area contributed by atoms with Crippen molar-refractivity contribution in [1.29, 1.82) is 0 Å². The Kier molecular flexibility index (Phi) is 15.5. The van der Waals surface area contributed by atoms with Gasteiger partial charge < -0.3 is 25.0 Å². The molecular formula is C28H45N3O6S. The SMILES string of the molecule is CCCCCCCN(C(=O)C(CCSC)NC(=O)OC(C)(C)C)C(C(=O)NCC(=O)OC)c1ccccc1. The summed E-state index contributed by atoms with van der Waals surface area (Å²) < 4.78 is 10.1. The van der Waals surface area contributed by atoms with Crippen molar-refractivity contribution in [3.05, 3.63) is 35.9 Å². The Bertz CT molecular complexity index is 875. The second-order valence-corrected chi connectivity index (χ2v) is 11.0. The third-order valence-electron chi connectivity index (χ3n) is 5.70. The van der Waals surface area contributed by atoms with Crippen LogP contribution in [0.2, 0.25) is 0 Å². The molecule has 0 bridgehead atoms. The van der Waals surface area contributed by atoms with Gasteiger partial charge in [-0.1, -0.05) is 62.9 Å². The van der Waals surface area contributed by atoms with Gasteiger partial charge in [0.25, 0.3) is 0 Å². The Labute approximate surface area is 231 Å². The monoisotopic (exact) mass is 551 g/mol. The first kappa shape index (κ1) is 33.3. The van der Waals surface area contributed by atoms with Crippen LogP contribution in [0.25, 0.3) is 0 Å². The summed E-state index contributed by atoms with van der Waals surface area (Å²) in [5.41, 5.74) is -0.117. The zero-order chi connectivity index (χ0) is 28.6. The quantitative estimate of drug-likeness (QED) is 0.230. The molecule has 9 nitrogen and oxygen atoms in total. The number of ether oxygens (including phenoxy) is 2. The van der Waals surface area contributed by atoms with Crippen molar-refractivity contribution in [3.63, 3.8) is 0 Å². The van der Waals surface area contributed by atoms with Crippen LogP contribution >= 0.6 is 11.8 Å². The molecule has 0 saturated carbocycles. The fraction of sp³-hybridized carbons (Fsp3) is 0.643. The molecule has 10 heteroatoms. The van der Waals surface area contributed by atoms with Gasteiger partial charge in [-0.15, -0.1) is 0 Å². The molecule has 1 aromatic rings. The van der Waals surface area contributed by atoms with Gasteiger partial charge in [0.2, 0.25) is 11.8 Å². The molecule has 0 aliphatic rings. The number of hydrogen-bond acceptors (Lipinski definition) is 7. The van der Waals surface area contributed by atoms with Crippen molar-refractivity contribution >= 4 is 35.6 Å². The first-order valence-corrected chi connectivity index (χ1v) is 14.6. The lowest BCUT2D eigenvalue weighted by atomic mass is 10.0. The molecule has 0 spiro atoms. The summed E-state index contributed by atoms with van der Waals surface area (Å²) in [6.07, 6.45) is 6.40. The van der Waals surface area contributed by atoms with Crippen molar-refractivity contribution in [1.82, 2.24) is 15.5 Å². The highest BCUT2D eigenvalue weighted by atomic mass is 32.2. The van der Waals surface area contributed by atoms with E-state index in [4.69, 9.17) is 4.74 Å². The fourth-order valence-corrected chi connectivity index (χ4v) is 4.30. The molecule has 1 aromatic carbocycles. The molecule has 0 aromatic heterocycles. The minimum absolute atomic E-state index is 0.316. The van der Waals surface area contributed by atoms with E-state index in [9.17, 15) is 19.2 Å². The van der Waals surface area contributed by atoms with Gasteiger partial charge in [-0.25, -0.2) is 4.79 Å². The number of methoxy groups -OCH3 is 1. The molecular weight excluding hydrogens is 506 g/mol. The molecule has 214 valence electrons. The van der Waals surface area contributed by atoms with E-state index in [-0.39, 0.29) is 12.5 Å². The number of rotatable bonds is 16. The highest BCUT2D eigenvalue weighted by molar-refractivity contribution is 7.98. The first-order chi connectivity index (χ1) is 18.0. The molecule has 0 heterocycles. The fourth-order valence-electron chi connectivity index (χ4n) is 3.83. The van der Waals surface area contributed by atoms with Crippen molar-refractivity contribution in [2.24, 2.45) is 0 Å². The minimum atomic E-state index is -0.989. The van der Waals surface area contributed by atoms with Crippen LogP contribution in [0.4, 0.5) is 4.79 Å². The van der Waals surface area contributed by atoms with Crippen molar-refractivity contribution in [3.8, 4) is 0 Å². The van der Waals surface area contributed by atoms with E-state index in [1.165, 1.54) is 12.0 Å². The molecule has 2 atom stereocenters. The average molecular weight is 552 g/mol. The largest absolute Gasteiger partial charge is 0.468 e. The van der Waals surface area contributed by atoms with Crippen LogP contribution in [-0.4, -0.2) is 72.6 Å². The molecule has 0 radical (unpaired) electrons. The van der Waals surface area contributed by atoms with Gasteiger partial charge in [0, 0.05) is 6.54 Å². The van der Waals surface area contributed by atoms with E-state index >= 15 is 0 Å². The Hall–Kier alpha value is -2.75. The first-order valence-electron chi connectivity index (χ1n) is 13.2. The van der Waals surface area contributed by atoms with E-state index in [0.717, 1.165) is 25.7 Å². The third kappa shape index (κ3) is 12.7. The number of hydrogen-bond donors (Lipinski definition) is 2. The second kappa shape index (κ2) is 17.7. The number of thioether (sulfide) groups is 1. The number of unbranched alkanes of at least 4 members (excludes halogenated alkanes) is 4. The summed E-state index contributed by atoms with van der Waals surface area (Å²) in [4.78, 5) is 53.4. The maximum absolute atomic E-state index is 14.1. The predicted molar refractivity (Wildman–Crippen MR) is 151 cm³/mol. The van der Waals surface area contributed by atoms with Gasteiger partial charge in [0.15, 0.2) is 0 Å². The van der Waals surface area contributed by atoms with E-state index in [0.29, 0.717) is 30.7 Å². The van der Waals surface area contributed by atoms with Crippen LogP contribution in [0.15, 0.2) is 30.3 Å². The topological polar surface area (TPSA) is 114 Å². The van der Waals surface area contributed by atoms with Crippen LogP contribution in [0.5, 0.6) is 0 Å². The lowest BCUT2D eigenvalue weighted by molar-refractivity contribution is -0.144. The highest BCUT2D eigenvalue weighted by Gasteiger charge is 2.36.